The third kappa shape index (κ3) is 3.18. The molecule has 0 aliphatic heterocycles. The molecule has 0 aliphatic rings. The summed E-state index contributed by atoms with van der Waals surface area (Å²) < 4.78 is 28.2. The van der Waals surface area contributed by atoms with E-state index in [2.05, 4.69) is 25.0 Å². The third-order valence-corrected chi connectivity index (χ3v) is 6.31. The molecule has 12 nitrogen and oxygen atoms in total. The van der Waals surface area contributed by atoms with Crippen LogP contribution in [0.15, 0.2) is 35.6 Å². The van der Waals surface area contributed by atoms with Gasteiger partial charge >= 0.3 is 5.95 Å². The molecule has 4 aromatic heterocycles. The van der Waals surface area contributed by atoms with Gasteiger partial charge in [0.2, 0.25) is 6.33 Å². The summed E-state index contributed by atoms with van der Waals surface area (Å²) >= 11 is 0. The van der Waals surface area contributed by atoms with Crippen LogP contribution in [0.2, 0.25) is 0 Å². The predicted octanol–water partition coefficient (Wildman–Crippen LogP) is 1.62. The zero-order chi connectivity index (χ0) is 21.6. The van der Waals surface area contributed by atoms with E-state index < -0.39 is 20.7 Å². The zero-order valence-corrected chi connectivity index (χ0v) is 17.0. The van der Waals surface area contributed by atoms with Gasteiger partial charge in [-0.2, -0.15) is 0 Å². The first-order chi connectivity index (χ1) is 14.2. The fourth-order valence-electron chi connectivity index (χ4n) is 2.98. The number of nitro groups is 1. The molecule has 0 amide bonds. The first kappa shape index (κ1) is 19.6. The summed E-state index contributed by atoms with van der Waals surface area (Å²) in [5.41, 5.74) is 2.23. The molecular formula is C17H16N8O4S. The third-order valence-electron chi connectivity index (χ3n) is 4.55. The maximum Gasteiger partial charge on any atom is 0.491 e. The summed E-state index contributed by atoms with van der Waals surface area (Å²) in [6.07, 6.45) is 2.79. The van der Waals surface area contributed by atoms with E-state index in [0.717, 1.165) is 16.7 Å². The number of aromatic nitrogens is 7. The molecule has 0 fully saturated rings. The standard InChI is InChI=1S/C17H16N8O4S/c1-4-30(28,29)13-5-6-14(24-9-19-17(22-24)25(26)27)21-15(13)16-20-11-7-10(2)18-8-12(11)23(16)3/h5-9H,4H2,1-3H3. The Labute approximate surface area is 170 Å². The number of aryl methyl sites for hydroxylation is 2. The molecule has 0 radical (unpaired) electrons. The average molecular weight is 428 g/mol. The molecule has 0 unspecified atom stereocenters. The molecule has 0 saturated carbocycles. The number of pyridine rings is 2. The Morgan fingerprint density at radius 3 is 2.63 bits per heavy atom. The van der Waals surface area contributed by atoms with Crippen LogP contribution in [-0.2, 0) is 16.9 Å². The van der Waals surface area contributed by atoms with Crippen molar-refractivity contribution >= 4 is 26.8 Å². The first-order valence-electron chi connectivity index (χ1n) is 8.81. The lowest BCUT2D eigenvalue weighted by Crippen LogP contribution is -2.11. The molecule has 4 aromatic rings. The van der Waals surface area contributed by atoms with Gasteiger partial charge in [-0.3, -0.25) is 4.98 Å². The van der Waals surface area contributed by atoms with Crippen LogP contribution >= 0.6 is 0 Å². The number of fused-ring (bicyclic) bond motifs is 1. The second-order valence-electron chi connectivity index (χ2n) is 6.47. The number of nitrogens with zero attached hydrogens (tertiary/aromatic N) is 8. The number of hydrogen-bond donors (Lipinski definition) is 0. The van der Waals surface area contributed by atoms with E-state index in [1.165, 1.54) is 19.1 Å². The van der Waals surface area contributed by atoms with Crippen LogP contribution in [-0.4, -0.2) is 53.4 Å². The maximum absolute atomic E-state index is 12.7. The Hall–Kier alpha value is -3.74. The second-order valence-corrected chi connectivity index (χ2v) is 8.72. The van der Waals surface area contributed by atoms with Crippen molar-refractivity contribution in [1.29, 1.82) is 0 Å². The molecule has 0 saturated heterocycles. The zero-order valence-electron chi connectivity index (χ0n) is 16.2. The summed E-state index contributed by atoms with van der Waals surface area (Å²) in [6, 6.07) is 4.60. The molecule has 0 aromatic carbocycles. The van der Waals surface area contributed by atoms with Crippen LogP contribution in [0.3, 0.4) is 0 Å². The Morgan fingerprint density at radius 2 is 1.97 bits per heavy atom. The largest absolute Gasteiger partial charge is 0.491 e. The second kappa shape index (κ2) is 6.95. The van der Waals surface area contributed by atoms with Crippen molar-refractivity contribution in [2.75, 3.05) is 5.75 Å². The number of rotatable bonds is 5. The van der Waals surface area contributed by atoms with Crippen molar-refractivity contribution in [2.24, 2.45) is 7.05 Å². The minimum Gasteiger partial charge on any atom is -0.390 e. The van der Waals surface area contributed by atoms with Crippen LogP contribution in [0.1, 0.15) is 12.6 Å². The number of hydrogen-bond acceptors (Lipinski definition) is 9. The Kier molecular flexibility index (Phi) is 4.53. The number of imidazole rings is 1. The molecule has 13 heteroatoms. The van der Waals surface area contributed by atoms with E-state index in [1.807, 2.05) is 6.92 Å². The minimum atomic E-state index is -3.63. The van der Waals surface area contributed by atoms with Crippen LogP contribution in [0.5, 0.6) is 0 Å². The fourth-order valence-corrected chi connectivity index (χ4v) is 4.00. The highest BCUT2D eigenvalue weighted by Crippen LogP contribution is 2.29. The van der Waals surface area contributed by atoms with Crippen molar-refractivity contribution < 1.29 is 13.3 Å². The lowest BCUT2D eigenvalue weighted by atomic mass is 10.3. The summed E-state index contributed by atoms with van der Waals surface area (Å²) in [4.78, 5) is 27.0. The highest BCUT2D eigenvalue weighted by molar-refractivity contribution is 7.91. The Bertz CT molecular complexity index is 1410. The molecule has 0 aliphatic carbocycles. The summed E-state index contributed by atoms with van der Waals surface area (Å²) in [6.45, 7) is 3.37. The molecule has 154 valence electrons. The SMILES string of the molecule is CCS(=O)(=O)c1ccc(-n2cnc([N+](=O)[O-])n2)nc1-c1nc2cc(C)ncc2n1C. The van der Waals surface area contributed by atoms with Gasteiger partial charge in [0, 0.05) is 17.8 Å². The quantitative estimate of drug-likeness (QED) is 0.341. The minimum absolute atomic E-state index is 0.00597. The van der Waals surface area contributed by atoms with Gasteiger partial charge in [-0.15, -0.1) is 4.68 Å². The van der Waals surface area contributed by atoms with Crippen LogP contribution in [0, 0.1) is 17.0 Å². The van der Waals surface area contributed by atoms with Gasteiger partial charge in [0.25, 0.3) is 0 Å². The molecular weight excluding hydrogens is 412 g/mol. The smallest absolute Gasteiger partial charge is 0.390 e. The van der Waals surface area contributed by atoms with Gasteiger partial charge in [0.1, 0.15) is 5.69 Å². The molecule has 4 rings (SSSR count). The van der Waals surface area contributed by atoms with Gasteiger partial charge in [-0.05, 0) is 30.0 Å². The predicted molar refractivity (Wildman–Crippen MR) is 106 cm³/mol. The van der Waals surface area contributed by atoms with E-state index in [1.54, 1.807) is 23.9 Å². The lowest BCUT2D eigenvalue weighted by molar-refractivity contribution is -0.394. The first-order valence-corrected chi connectivity index (χ1v) is 10.5. The normalized spacial score (nSPS) is 11.8. The highest BCUT2D eigenvalue weighted by Gasteiger charge is 2.25. The van der Waals surface area contributed by atoms with E-state index in [4.69, 9.17) is 0 Å². The van der Waals surface area contributed by atoms with Gasteiger partial charge in [-0.25, -0.2) is 18.4 Å². The molecule has 0 atom stereocenters. The Balaban J connectivity index is 1.98. The molecule has 4 heterocycles. The van der Waals surface area contributed by atoms with Crippen molar-refractivity contribution in [3.63, 3.8) is 0 Å². The summed E-state index contributed by atoms with van der Waals surface area (Å²) in [5, 5.41) is 14.6. The van der Waals surface area contributed by atoms with Crippen molar-refractivity contribution in [3.8, 4) is 17.3 Å². The van der Waals surface area contributed by atoms with E-state index in [9.17, 15) is 18.5 Å². The molecule has 30 heavy (non-hydrogen) atoms. The van der Waals surface area contributed by atoms with Crippen molar-refractivity contribution in [2.45, 2.75) is 18.7 Å². The maximum atomic E-state index is 12.7. The van der Waals surface area contributed by atoms with Crippen molar-refractivity contribution in [1.82, 2.24) is 34.3 Å². The van der Waals surface area contributed by atoms with Crippen LogP contribution in [0.4, 0.5) is 5.95 Å². The fraction of sp³-hybridized carbons (Fsp3) is 0.235. The van der Waals surface area contributed by atoms with Crippen LogP contribution in [0.25, 0.3) is 28.4 Å². The van der Waals surface area contributed by atoms with E-state index in [-0.39, 0.29) is 22.2 Å². The van der Waals surface area contributed by atoms with Crippen LogP contribution < -0.4 is 0 Å². The van der Waals surface area contributed by atoms with Gasteiger partial charge < -0.3 is 14.7 Å². The highest BCUT2D eigenvalue weighted by atomic mass is 32.2. The summed E-state index contributed by atoms with van der Waals surface area (Å²) in [5.74, 6) is -0.226. The monoisotopic (exact) mass is 428 g/mol. The molecule has 0 bridgehead atoms. The molecule has 0 N–H and O–H groups in total. The van der Waals surface area contributed by atoms with Gasteiger partial charge in [0.15, 0.2) is 21.5 Å². The van der Waals surface area contributed by atoms with Gasteiger partial charge in [0.05, 0.1) is 27.9 Å². The lowest BCUT2D eigenvalue weighted by Gasteiger charge is -2.10. The van der Waals surface area contributed by atoms with Crippen molar-refractivity contribution in [3.05, 3.63) is 46.5 Å². The van der Waals surface area contributed by atoms with E-state index >= 15 is 0 Å². The average Bonchev–Trinajstić information content (AvgIpc) is 3.33. The summed E-state index contributed by atoms with van der Waals surface area (Å²) in [7, 11) is -1.90. The van der Waals surface area contributed by atoms with E-state index in [0.29, 0.717) is 16.9 Å². The molecule has 0 spiro atoms. The van der Waals surface area contributed by atoms with Gasteiger partial charge in [-0.1, -0.05) is 11.9 Å². The number of sulfone groups is 1. The Morgan fingerprint density at radius 1 is 1.20 bits per heavy atom. The topological polar surface area (TPSA) is 152 Å².